The highest BCUT2D eigenvalue weighted by atomic mass is 35.5. The third kappa shape index (κ3) is 4.14. The standard InChI is InChI=1S/C17H16ClN3O3S2/c1-11-14(18)9-6-10-15(11)26(22,23)21-17-19-16(20-25-17)12(2)24-13-7-4-3-5-8-13/h3-10,12H,1-2H3,(H,19,20,21). The molecule has 0 aliphatic rings. The second kappa shape index (κ2) is 7.61. The lowest BCUT2D eigenvalue weighted by atomic mass is 10.2. The van der Waals surface area contributed by atoms with Gasteiger partial charge in [-0.25, -0.2) is 8.42 Å². The Bertz CT molecular complexity index is 1010. The number of hydrogen-bond donors (Lipinski definition) is 1. The topological polar surface area (TPSA) is 81.2 Å². The lowest BCUT2D eigenvalue weighted by Gasteiger charge is -2.11. The minimum absolute atomic E-state index is 0.107. The molecule has 0 amide bonds. The van der Waals surface area contributed by atoms with Crippen LogP contribution in [0.4, 0.5) is 5.13 Å². The quantitative estimate of drug-likeness (QED) is 0.650. The number of nitrogens with zero attached hydrogens (tertiary/aromatic N) is 2. The van der Waals surface area contributed by atoms with Crippen LogP contribution in [0.15, 0.2) is 53.4 Å². The molecule has 0 saturated carbocycles. The van der Waals surface area contributed by atoms with E-state index in [4.69, 9.17) is 16.3 Å². The monoisotopic (exact) mass is 409 g/mol. The van der Waals surface area contributed by atoms with E-state index >= 15 is 0 Å². The summed E-state index contributed by atoms with van der Waals surface area (Å²) in [6.45, 7) is 3.45. The highest BCUT2D eigenvalue weighted by molar-refractivity contribution is 7.93. The largest absolute Gasteiger partial charge is 0.483 e. The summed E-state index contributed by atoms with van der Waals surface area (Å²) in [7, 11) is -3.81. The van der Waals surface area contributed by atoms with Gasteiger partial charge in [0.15, 0.2) is 11.9 Å². The van der Waals surface area contributed by atoms with Gasteiger partial charge >= 0.3 is 0 Å². The molecule has 0 bridgehead atoms. The average molecular weight is 410 g/mol. The number of para-hydroxylation sites is 1. The van der Waals surface area contributed by atoms with Gasteiger partial charge in [-0.1, -0.05) is 35.9 Å². The van der Waals surface area contributed by atoms with Crippen molar-refractivity contribution in [1.82, 2.24) is 9.36 Å². The van der Waals surface area contributed by atoms with Crippen molar-refractivity contribution in [1.29, 1.82) is 0 Å². The summed E-state index contributed by atoms with van der Waals surface area (Å²) in [5.41, 5.74) is 0.479. The molecule has 9 heteroatoms. The van der Waals surface area contributed by atoms with Gasteiger partial charge in [-0.3, -0.25) is 4.72 Å². The van der Waals surface area contributed by atoms with E-state index in [1.807, 2.05) is 30.3 Å². The van der Waals surface area contributed by atoms with Crippen LogP contribution in [0.25, 0.3) is 0 Å². The van der Waals surface area contributed by atoms with E-state index < -0.39 is 16.1 Å². The van der Waals surface area contributed by atoms with E-state index in [2.05, 4.69) is 14.1 Å². The Balaban J connectivity index is 1.76. The van der Waals surface area contributed by atoms with Crippen molar-refractivity contribution in [2.24, 2.45) is 0 Å². The average Bonchev–Trinajstić information content (AvgIpc) is 3.06. The van der Waals surface area contributed by atoms with Crippen molar-refractivity contribution in [3.63, 3.8) is 0 Å². The maximum atomic E-state index is 12.6. The van der Waals surface area contributed by atoms with Crippen molar-refractivity contribution < 1.29 is 13.2 Å². The van der Waals surface area contributed by atoms with E-state index in [0.717, 1.165) is 11.5 Å². The smallest absolute Gasteiger partial charge is 0.264 e. The van der Waals surface area contributed by atoms with Crippen molar-refractivity contribution in [2.45, 2.75) is 24.8 Å². The van der Waals surface area contributed by atoms with Gasteiger partial charge in [0.25, 0.3) is 10.0 Å². The fourth-order valence-electron chi connectivity index (χ4n) is 2.25. The molecule has 1 heterocycles. The molecular weight excluding hydrogens is 394 g/mol. The Morgan fingerprint density at radius 3 is 2.62 bits per heavy atom. The molecule has 1 atom stereocenters. The van der Waals surface area contributed by atoms with Gasteiger partial charge in [0.05, 0.1) is 4.90 Å². The van der Waals surface area contributed by atoms with Crippen LogP contribution in [-0.4, -0.2) is 17.8 Å². The van der Waals surface area contributed by atoms with Crippen molar-refractivity contribution in [3.8, 4) is 5.75 Å². The molecule has 6 nitrogen and oxygen atoms in total. The molecule has 0 aliphatic heterocycles. The zero-order valence-electron chi connectivity index (χ0n) is 14.0. The molecule has 0 fully saturated rings. The predicted octanol–water partition coefficient (Wildman–Crippen LogP) is 4.44. The normalized spacial score (nSPS) is 12.6. The third-order valence-corrected chi connectivity index (χ3v) is 6.26. The zero-order chi connectivity index (χ0) is 18.7. The molecule has 1 unspecified atom stereocenters. The van der Waals surface area contributed by atoms with Gasteiger partial charge in [0.1, 0.15) is 5.75 Å². The molecule has 0 spiro atoms. The van der Waals surface area contributed by atoms with E-state index in [9.17, 15) is 8.42 Å². The van der Waals surface area contributed by atoms with Gasteiger partial charge in [-0.05, 0) is 43.7 Å². The SMILES string of the molecule is Cc1c(Cl)cccc1S(=O)(=O)Nc1nc(C(C)Oc2ccccc2)ns1. The maximum absolute atomic E-state index is 12.6. The second-order valence-corrected chi connectivity index (χ2v) is 8.31. The summed E-state index contributed by atoms with van der Waals surface area (Å²) in [5.74, 6) is 1.09. The van der Waals surface area contributed by atoms with Crippen LogP contribution in [0.5, 0.6) is 5.75 Å². The zero-order valence-corrected chi connectivity index (χ0v) is 16.4. The number of benzene rings is 2. The van der Waals surface area contributed by atoms with Crippen molar-refractivity contribution in [2.75, 3.05) is 4.72 Å². The Kier molecular flexibility index (Phi) is 5.45. The minimum Gasteiger partial charge on any atom is -0.483 e. The third-order valence-electron chi connectivity index (χ3n) is 3.59. The molecule has 0 saturated heterocycles. The number of hydrogen-bond acceptors (Lipinski definition) is 6. The first-order valence-corrected chi connectivity index (χ1v) is 10.3. The summed E-state index contributed by atoms with van der Waals surface area (Å²) in [6.07, 6.45) is -0.417. The summed E-state index contributed by atoms with van der Waals surface area (Å²) < 4.78 is 37.5. The number of nitrogens with one attached hydrogen (secondary N) is 1. The Morgan fingerprint density at radius 1 is 1.15 bits per heavy atom. The number of sulfonamides is 1. The molecule has 2 aromatic carbocycles. The summed E-state index contributed by atoms with van der Waals surface area (Å²) in [4.78, 5) is 4.34. The van der Waals surface area contributed by atoms with Crippen LogP contribution in [0.1, 0.15) is 24.4 Å². The summed E-state index contributed by atoms with van der Waals surface area (Å²) >= 11 is 6.97. The van der Waals surface area contributed by atoms with Crippen LogP contribution in [0.3, 0.4) is 0 Å². The number of halogens is 1. The molecule has 3 rings (SSSR count). The Hall–Kier alpha value is -2.16. The lowest BCUT2D eigenvalue weighted by molar-refractivity contribution is 0.218. The first kappa shape index (κ1) is 18.6. The molecule has 3 aromatic rings. The summed E-state index contributed by atoms with van der Waals surface area (Å²) in [5, 5.41) is 0.554. The van der Waals surface area contributed by atoms with Gasteiger partial charge in [0, 0.05) is 16.6 Å². The van der Waals surface area contributed by atoms with E-state index in [-0.39, 0.29) is 10.0 Å². The maximum Gasteiger partial charge on any atom is 0.264 e. The fraction of sp³-hybridized carbons (Fsp3) is 0.176. The molecule has 26 heavy (non-hydrogen) atoms. The van der Waals surface area contributed by atoms with Gasteiger partial charge in [-0.15, -0.1) is 0 Å². The summed E-state index contributed by atoms with van der Waals surface area (Å²) in [6, 6.07) is 14.0. The van der Waals surface area contributed by atoms with Gasteiger partial charge in [-0.2, -0.15) is 9.36 Å². The molecule has 1 N–H and O–H groups in total. The molecular formula is C17H16ClN3O3S2. The van der Waals surface area contributed by atoms with Crippen LogP contribution in [0.2, 0.25) is 5.02 Å². The first-order chi connectivity index (χ1) is 12.4. The molecule has 1 aromatic heterocycles. The first-order valence-electron chi connectivity index (χ1n) is 7.70. The lowest BCUT2D eigenvalue weighted by Crippen LogP contribution is -2.14. The minimum atomic E-state index is -3.81. The van der Waals surface area contributed by atoms with E-state index in [1.165, 1.54) is 6.07 Å². The van der Waals surface area contributed by atoms with Crippen molar-refractivity contribution in [3.05, 3.63) is 64.9 Å². The van der Waals surface area contributed by atoms with Crippen molar-refractivity contribution >= 4 is 38.3 Å². The van der Waals surface area contributed by atoms with E-state index in [0.29, 0.717) is 22.2 Å². The number of anilines is 1. The molecule has 136 valence electrons. The van der Waals surface area contributed by atoms with Crippen LogP contribution in [-0.2, 0) is 10.0 Å². The number of rotatable bonds is 6. The number of ether oxygens (including phenoxy) is 1. The van der Waals surface area contributed by atoms with Crippen LogP contribution in [0, 0.1) is 6.92 Å². The highest BCUT2D eigenvalue weighted by Gasteiger charge is 2.21. The predicted molar refractivity (Wildman–Crippen MR) is 102 cm³/mol. The van der Waals surface area contributed by atoms with Crippen LogP contribution < -0.4 is 9.46 Å². The fourth-order valence-corrected chi connectivity index (χ4v) is 4.61. The van der Waals surface area contributed by atoms with E-state index in [1.54, 1.807) is 26.0 Å². The highest BCUT2D eigenvalue weighted by Crippen LogP contribution is 2.27. The molecule has 0 aliphatic carbocycles. The van der Waals surface area contributed by atoms with Crippen LogP contribution >= 0.6 is 23.1 Å². The van der Waals surface area contributed by atoms with Gasteiger partial charge < -0.3 is 4.74 Å². The number of aromatic nitrogens is 2. The Labute approximate surface area is 161 Å². The second-order valence-electron chi connectivity index (χ2n) is 5.50. The molecule has 0 radical (unpaired) electrons. The van der Waals surface area contributed by atoms with Gasteiger partial charge in [0.2, 0.25) is 5.13 Å². The Morgan fingerprint density at radius 2 is 1.88 bits per heavy atom.